The van der Waals surface area contributed by atoms with E-state index < -0.39 is 0 Å². The Morgan fingerprint density at radius 1 is 1.13 bits per heavy atom. The van der Waals surface area contributed by atoms with Crippen LogP contribution in [0.15, 0.2) is 59.0 Å². The Hall–Kier alpha value is -2.83. The van der Waals surface area contributed by atoms with E-state index in [-0.39, 0.29) is 36.0 Å². The zero-order chi connectivity index (χ0) is 20.2. The predicted molar refractivity (Wildman–Crippen MR) is 120 cm³/mol. The van der Waals surface area contributed by atoms with Crippen molar-refractivity contribution in [2.45, 2.75) is 25.3 Å². The van der Waals surface area contributed by atoms with E-state index in [0.717, 1.165) is 36.9 Å². The fourth-order valence-corrected chi connectivity index (χ4v) is 3.88. The van der Waals surface area contributed by atoms with Crippen LogP contribution in [0.2, 0.25) is 0 Å². The van der Waals surface area contributed by atoms with Gasteiger partial charge in [0.1, 0.15) is 5.58 Å². The molecule has 1 unspecified atom stereocenters. The van der Waals surface area contributed by atoms with Crippen molar-refractivity contribution in [2.24, 2.45) is 0 Å². The summed E-state index contributed by atoms with van der Waals surface area (Å²) in [4.78, 5) is 27.1. The lowest BCUT2D eigenvalue weighted by Gasteiger charge is -2.24. The first kappa shape index (κ1) is 21.9. The van der Waals surface area contributed by atoms with E-state index in [4.69, 9.17) is 4.42 Å². The number of hydrogen-bond acceptors (Lipinski definition) is 4. The number of nitrogens with zero attached hydrogens (tertiary/aromatic N) is 1. The minimum Gasteiger partial charge on any atom is -0.451 e. The standard InChI is InChI=1S/C23H25N3O3.ClH/c1-24-15-19-6-4-12-26(19)22(27)13-16-8-10-18(11-9-16)25-23(28)21-14-17-5-2-3-7-20(17)29-21;/h2-3,5,7-11,14,19,24H,4,6,12-13,15H2,1H3,(H,25,28);1H. The SMILES string of the molecule is CNCC1CCCN1C(=O)Cc1ccc(NC(=O)c2cc3ccccc3o2)cc1.Cl. The largest absolute Gasteiger partial charge is 0.451 e. The number of hydrogen-bond donors (Lipinski definition) is 2. The highest BCUT2D eigenvalue weighted by Crippen LogP contribution is 2.21. The van der Waals surface area contributed by atoms with E-state index in [1.165, 1.54) is 0 Å². The van der Waals surface area contributed by atoms with Gasteiger partial charge >= 0.3 is 0 Å². The number of fused-ring (bicyclic) bond motifs is 1. The van der Waals surface area contributed by atoms with Crippen molar-refractivity contribution in [1.82, 2.24) is 10.2 Å². The first-order valence-corrected chi connectivity index (χ1v) is 9.97. The van der Waals surface area contributed by atoms with E-state index >= 15 is 0 Å². The van der Waals surface area contributed by atoms with Crippen LogP contribution >= 0.6 is 12.4 Å². The van der Waals surface area contributed by atoms with Gasteiger partial charge < -0.3 is 20.0 Å². The molecule has 3 aromatic rings. The third-order valence-electron chi connectivity index (χ3n) is 5.35. The molecule has 0 aliphatic carbocycles. The molecule has 2 heterocycles. The quantitative estimate of drug-likeness (QED) is 0.626. The summed E-state index contributed by atoms with van der Waals surface area (Å²) >= 11 is 0. The summed E-state index contributed by atoms with van der Waals surface area (Å²) in [7, 11) is 1.92. The molecule has 158 valence electrons. The molecule has 0 saturated carbocycles. The average molecular weight is 428 g/mol. The Kier molecular flexibility index (Phi) is 7.13. The fraction of sp³-hybridized carbons (Fsp3) is 0.304. The van der Waals surface area contributed by atoms with Crippen molar-refractivity contribution >= 4 is 40.9 Å². The van der Waals surface area contributed by atoms with Crippen LogP contribution in [-0.2, 0) is 11.2 Å². The van der Waals surface area contributed by atoms with Crippen LogP contribution < -0.4 is 10.6 Å². The number of amides is 2. The molecular weight excluding hydrogens is 402 g/mol. The number of furan rings is 1. The number of nitrogens with one attached hydrogen (secondary N) is 2. The van der Waals surface area contributed by atoms with Gasteiger partial charge in [-0.3, -0.25) is 9.59 Å². The summed E-state index contributed by atoms with van der Waals surface area (Å²) in [5.74, 6) is 0.133. The molecule has 0 bridgehead atoms. The van der Waals surface area contributed by atoms with Crippen LogP contribution in [0.3, 0.4) is 0 Å². The summed E-state index contributed by atoms with van der Waals surface area (Å²) < 4.78 is 5.60. The van der Waals surface area contributed by atoms with E-state index in [1.54, 1.807) is 6.07 Å². The highest BCUT2D eigenvalue weighted by Gasteiger charge is 2.27. The Bertz CT molecular complexity index is 983. The lowest BCUT2D eigenvalue weighted by molar-refractivity contribution is -0.131. The third kappa shape index (κ3) is 4.83. The summed E-state index contributed by atoms with van der Waals surface area (Å²) in [5.41, 5.74) is 2.29. The number of anilines is 1. The number of halogens is 1. The normalized spacial score (nSPS) is 15.8. The molecule has 2 N–H and O–H groups in total. The topological polar surface area (TPSA) is 74.6 Å². The second-order valence-electron chi connectivity index (χ2n) is 7.42. The first-order chi connectivity index (χ1) is 14.1. The second kappa shape index (κ2) is 9.78. The number of likely N-dealkylation sites (N-methyl/N-ethyl adjacent to an activating group) is 1. The third-order valence-corrected chi connectivity index (χ3v) is 5.35. The van der Waals surface area contributed by atoms with Gasteiger partial charge in [0.25, 0.3) is 5.91 Å². The highest BCUT2D eigenvalue weighted by molar-refractivity contribution is 6.04. The molecule has 0 radical (unpaired) electrons. The number of likely N-dealkylation sites (tertiary alicyclic amines) is 1. The second-order valence-corrected chi connectivity index (χ2v) is 7.42. The van der Waals surface area contributed by atoms with Crippen molar-refractivity contribution in [3.8, 4) is 0 Å². The van der Waals surface area contributed by atoms with Gasteiger partial charge in [-0.15, -0.1) is 12.4 Å². The number of carbonyl (C=O) groups excluding carboxylic acids is 2. The number of rotatable bonds is 6. The Morgan fingerprint density at radius 2 is 1.90 bits per heavy atom. The van der Waals surface area contributed by atoms with Crippen LogP contribution in [0.5, 0.6) is 0 Å². The minimum absolute atomic E-state index is 0. The molecule has 1 aromatic heterocycles. The van der Waals surface area contributed by atoms with E-state index in [9.17, 15) is 9.59 Å². The molecular formula is C23H26ClN3O3. The first-order valence-electron chi connectivity index (χ1n) is 9.97. The van der Waals surface area contributed by atoms with E-state index in [1.807, 2.05) is 60.5 Å². The van der Waals surface area contributed by atoms with Gasteiger partial charge in [0.2, 0.25) is 5.91 Å². The maximum Gasteiger partial charge on any atom is 0.291 e. The van der Waals surface area contributed by atoms with Gasteiger partial charge in [0.15, 0.2) is 5.76 Å². The zero-order valence-electron chi connectivity index (χ0n) is 16.9. The lowest BCUT2D eigenvalue weighted by Crippen LogP contribution is -2.41. The molecule has 1 atom stereocenters. The minimum atomic E-state index is -0.294. The molecule has 0 spiro atoms. The number of benzene rings is 2. The molecule has 4 rings (SSSR count). The summed E-state index contributed by atoms with van der Waals surface area (Å²) in [6.07, 6.45) is 2.49. The number of para-hydroxylation sites is 1. The van der Waals surface area contributed by atoms with Crippen molar-refractivity contribution in [3.05, 3.63) is 65.9 Å². The van der Waals surface area contributed by atoms with Crippen molar-refractivity contribution in [1.29, 1.82) is 0 Å². The maximum atomic E-state index is 12.6. The fourth-order valence-electron chi connectivity index (χ4n) is 3.88. The predicted octanol–water partition coefficient (Wildman–Crippen LogP) is 3.86. The molecule has 6 nitrogen and oxygen atoms in total. The number of carbonyl (C=O) groups is 2. The van der Waals surface area contributed by atoms with E-state index in [0.29, 0.717) is 17.7 Å². The molecule has 1 aliphatic rings. The lowest BCUT2D eigenvalue weighted by atomic mass is 10.1. The van der Waals surface area contributed by atoms with Crippen molar-refractivity contribution < 1.29 is 14.0 Å². The molecule has 7 heteroatoms. The molecule has 1 aliphatic heterocycles. The van der Waals surface area contributed by atoms with Crippen LogP contribution in [0.25, 0.3) is 11.0 Å². The van der Waals surface area contributed by atoms with Gasteiger partial charge in [0.05, 0.1) is 6.42 Å². The molecule has 2 aromatic carbocycles. The smallest absolute Gasteiger partial charge is 0.291 e. The van der Waals surface area contributed by atoms with E-state index in [2.05, 4.69) is 10.6 Å². The molecule has 2 amide bonds. The van der Waals surface area contributed by atoms with Gasteiger partial charge in [-0.1, -0.05) is 30.3 Å². The van der Waals surface area contributed by atoms with Gasteiger partial charge in [-0.25, -0.2) is 0 Å². The van der Waals surface area contributed by atoms with Crippen LogP contribution in [-0.4, -0.2) is 42.9 Å². The van der Waals surface area contributed by atoms with Gasteiger partial charge in [-0.05, 0) is 49.7 Å². The Balaban J connectivity index is 0.00000256. The van der Waals surface area contributed by atoms with Gasteiger partial charge in [-0.2, -0.15) is 0 Å². The van der Waals surface area contributed by atoms with Crippen LogP contribution in [0.4, 0.5) is 5.69 Å². The summed E-state index contributed by atoms with van der Waals surface area (Å²) in [6, 6.07) is 16.9. The Morgan fingerprint density at radius 3 is 2.63 bits per heavy atom. The molecule has 1 saturated heterocycles. The summed E-state index contributed by atoms with van der Waals surface area (Å²) in [6.45, 7) is 1.66. The molecule has 30 heavy (non-hydrogen) atoms. The highest BCUT2D eigenvalue weighted by atomic mass is 35.5. The molecule has 1 fully saturated rings. The van der Waals surface area contributed by atoms with Gasteiger partial charge in [0, 0.05) is 30.2 Å². The Labute approximate surface area is 182 Å². The van der Waals surface area contributed by atoms with Crippen molar-refractivity contribution in [3.63, 3.8) is 0 Å². The maximum absolute atomic E-state index is 12.6. The monoisotopic (exact) mass is 427 g/mol. The average Bonchev–Trinajstić information content (AvgIpc) is 3.36. The van der Waals surface area contributed by atoms with Crippen molar-refractivity contribution in [2.75, 3.05) is 25.5 Å². The zero-order valence-corrected chi connectivity index (χ0v) is 17.7. The summed E-state index contributed by atoms with van der Waals surface area (Å²) in [5, 5.41) is 6.90. The van der Waals surface area contributed by atoms with Crippen LogP contribution in [0, 0.1) is 0 Å². The van der Waals surface area contributed by atoms with Crippen LogP contribution in [0.1, 0.15) is 29.0 Å².